The van der Waals surface area contributed by atoms with E-state index in [2.05, 4.69) is 11.9 Å². The predicted molar refractivity (Wildman–Crippen MR) is 77.6 cm³/mol. The lowest BCUT2D eigenvalue weighted by Crippen LogP contribution is -2.32. The maximum absolute atomic E-state index is 10.2. The zero-order valence-electron chi connectivity index (χ0n) is 12.1. The molecule has 0 unspecified atom stereocenters. The van der Waals surface area contributed by atoms with Gasteiger partial charge in [-0.3, -0.25) is 4.90 Å². The summed E-state index contributed by atoms with van der Waals surface area (Å²) in [5.74, 6) is 0.893. The molecule has 1 aromatic carbocycles. The summed E-state index contributed by atoms with van der Waals surface area (Å²) in [6.07, 6.45) is 6.60. The van der Waals surface area contributed by atoms with Crippen LogP contribution in [0.1, 0.15) is 44.6 Å². The normalized spacial score (nSPS) is 16.8. The highest BCUT2D eigenvalue weighted by atomic mass is 16.5. The van der Waals surface area contributed by atoms with Gasteiger partial charge in [-0.1, -0.05) is 31.4 Å². The third-order valence-electron chi connectivity index (χ3n) is 4.00. The van der Waals surface area contributed by atoms with Crippen molar-refractivity contribution in [3.8, 4) is 11.5 Å². The lowest BCUT2D eigenvalue weighted by molar-refractivity contribution is 0.182. The van der Waals surface area contributed by atoms with Crippen LogP contribution in [0.4, 0.5) is 0 Å². The molecule has 1 N–H and O–H groups in total. The predicted octanol–water partition coefficient (Wildman–Crippen LogP) is 3.56. The minimum Gasteiger partial charge on any atom is -0.504 e. The summed E-state index contributed by atoms with van der Waals surface area (Å²) in [5, 5.41) is 10.2. The topological polar surface area (TPSA) is 32.7 Å². The molecular formula is C16H25NO2. The first-order valence-corrected chi connectivity index (χ1v) is 7.36. The third kappa shape index (κ3) is 3.63. The van der Waals surface area contributed by atoms with E-state index in [4.69, 9.17) is 4.74 Å². The second-order valence-corrected chi connectivity index (χ2v) is 5.40. The molecule has 0 aromatic heterocycles. The average molecular weight is 263 g/mol. The lowest BCUT2D eigenvalue weighted by Gasteiger charge is -2.31. The molecular weight excluding hydrogens is 238 g/mol. The highest BCUT2D eigenvalue weighted by Gasteiger charge is 2.19. The molecule has 1 fully saturated rings. The highest BCUT2D eigenvalue weighted by Crippen LogP contribution is 2.31. The lowest BCUT2D eigenvalue weighted by atomic mass is 9.94. The second-order valence-electron chi connectivity index (χ2n) is 5.40. The summed E-state index contributed by atoms with van der Waals surface area (Å²) >= 11 is 0. The number of phenolic OH excluding ortho intramolecular Hbond substituents is 1. The van der Waals surface area contributed by atoms with Gasteiger partial charge in [0.1, 0.15) is 0 Å². The fourth-order valence-corrected chi connectivity index (χ4v) is 2.89. The first-order valence-electron chi connectivity index (χ1n) is 7.36. The largest absolute Gasteiger partial charge is 0.504 e. The van der Waals surface area contributed by atoms with E-state index in [0.29, 0.717) is 24.1 Å². The number of hydrogen-bond donors (Lipinski definition) is 1. The van der Waals surface area contributed by atoms with E-state index >= 15 is 0 Å². The molecule has 0 aliphatic heterocycles. The summed E-state index contributed by atoms with van der Waals surface area (Å²) in [5.41, 5.74) is 0.957. The van der Waals surface area contributed by atoms with Gasteiger partial charge in [0.2, 0.25) is 0 Å². The monoisotopic (exact) mass is 263 g/mol. The van der Waals surface area contributed by atoms with E-state index in [1.54, 1.807) is 0 Å². The van der Waals surface area contributed by atoms with Crippen LogP contribution in [0, 0.1) is 0 Å². The Labute approximate surface area is 116 Å². The number of rotatable bonds is 5. The highest BCUT2D eigenvalue weighted by molar-refractivity contribution is 5.45. The van der Waals surface area contributed by atoms with Crippen LogP contribution in [0.15, 0.2) is 18.2 Å². The molecule has 2 rings (SSSR count). The first kappa shape index (κ1) is 14.2. The molecule has 0 saturated heterocycles. The molecule has 0 amide bonds. The van der Waals surface area contributed by atoms with Gasteiger partial charge < -0.3 is 9.84 Å². The van der Waals surface area contributed by atoms with Crippen LogP contribution in [0.5, 0.6) is 11.5 Å². The maximum atomic E-state index is 10.2. The minimum absolute atomic E-state index is 0.298. The molecule has 19 heavy (non-hydrogen) atoms. The summed E-state index contributed by atoms with van der Waals surface area (Å²) in [6, 6.07) is 6.42. The summed E-state index contributed by atoms with van der Waals surface area (Å²) in [6.45, 7) is 3.30. The van der Waals surface area contributed by atoms with Gasteiger partial charge in [0.05, 0.1) is 6.61 Å². The van der Waals surface area contributed by atoms with Crippen LogP contribution in [0.3, 0.4) is 0 Å². The van der Waals surface area contributed by atoms with E-state index in [1.165, 1.54) is 32.1 Å². The molecule has 106 valence electrons. The molecule has 3 nitrogen and oxygen atoms in total. The quantitative estimate of drug-likeness (QED) is 0.881. The smallest absolute Gasteiger partial charge is 0.162 e. The first-order chi connectivity index (χ1) is 9.22. The fourth-order valence-electron chi connectivity index (χ4n) is 2.89. The number of para-hydroxylation sites is 1. The van der Waals surface area contributed by atoms with E-state index in [9.17, 15) is 5.11 Å². The Kier molecular flexibility index (Phi) is 5.08. The van der Waals surface area contributed by atoms with Crippen LogP contribution in [0.25, 0.3) is 0 Å². The number of ether oxygens (including phenoxy) is 1. The van der Waals surface area contributed by atoms with Crippen LogP contribution in [0.2, 0.25) is 0 Å². The van der Waals surface area contributed by atoms with Crippen LogP contribution in [-0.2, 0) is 6.54 Å². The number of hydrogen-bond acceptors (Lipinski definition) is 3. The van der Waals surface area contributed by atoms with Crippen LogP contribution < -0.4 is 4.74 Å². The molecule has 0 bridgehead atoms. The number of nitrogens with zero attached hydrogens (tertiary/aromatic N) is 1. The van der Waals surface area contributed by atoms with Gasteiger partial charge in [0.25, 0.3) is 0 Å². The van der Waals surface area contributed by atoms with Crippen molar-refractivity contribution in [2.24, 2.45) is 0 Å². The standard InChI is InChI=1S/C16H25NO2/c1-3-19-15-11-7-8-13(16(15)18)12-17(2)14-9-5-4-6-10-14/h7-8,11,14,18H,3-6,9-10,12H2,1-2H3. The van der Waals surface area contributed by atoms with Crippen molar-refractivity contribution in [2.75, 3.05) is 13.7 Å². The van der Waals surface area contributed by atoms with E-state index in [1.807, 2.05) is 25.1 Å². The van der Waals surface area contributed by atoms with Gasteiger partial charge in [0, 0.05) is 18.2 Å². The molecule has 3 heteroatoms. The minimum atomic E-state index is 0.298. The van der Waals surface area contributed by atoms with Gasteiger partial charge in [-0.15, -0.1) is 0 Å². The van der Waals surface area contributed by atoms with Gasteiger partial charge in [-0.25, -0.2) is 0 Å². The zero-order chi connectivity index (χ0) is 13.7. The zero-order valence-corrected chi connectivity index (χ0v) is 12.1. The van der Waals surface area contributed by atoms with Gasteiger partial charge in [-0.05, 0) is 32.9 Å². The number of aromatic hydroxyl groups is 1. The van der Waals surface area contributed by atoms with Crippen molar-refractivity contribution in [1.29, 1.82) is 0 Å². The van der Waals surface area contributed by atoms with E-state index < -0.39 is 0 Å². The van der Waals surface area contributed by atoms with Crippen molar-refractivity contribution in [1.82, 2.24) is 4.90 Å². The molecule has 0 heterocycles. The van der Waals surface area contributed by atoms with Crippen molar-refractivity contribution < 1.29 is 9.84 Å². The summed E-state index contributed by atoms with van der Waals surface area (Å²) in [7, 11) is 2.16. The number of phenols is 1. The fraction of sp³-hybridized carbons (Fsp3) is 0.625. The molecule has 1 aromatic rings. The van der Waals surface area contributed by atoms with Gasteiger partial charge in [0.15, 0.2) is 11.5 Å². The Morgan fingerprint density at radius 1 is 1.26 bits per heavy atom. The van der Waals surface area contributed by atoms with E-state index in [0.717, 1.165) is 12.1 Å². The average Bonchev–Trinajstić information content (AvgIpc) is 2.44. The molecule has 1 aliphatic carbocycles. The van der Waals surface area contributed by atoms with Crippen molar-refractivity contribution in [2.45, 2.75) is 51.6 Å². The molecule has 1 aliphatic rings. The molecule has 1 saturated carbocycles. The number of benzene rings is 1. The Balaban J connectivity index is 2.03. The van der Waals surface area contributed by atoms with Gasteiger partial charge >= 0.3 is 0 Å². The van der Waals surface area contributed by atoms with Crippen molar-refractivity contribution in [3.63, 3.8) is 0 Å². The summed E-state index contributed by atoms with van der Waals surface area (Å²) in [4.78, 5) is 2.37. The molecule has 0 spiro atoms. The third-order valence-corrected chi connectivity index (χ3v) is 4.00. The van der Waals surface area contributed by atoms with Gasteiger partial charge in [-0.2, -0.15) is 0 Å². The van der Waals surface area contributed by atoms with Crippen LogP contribution >= 0.6 is 0 Å². The molecule has 0 radical (unpaired) electrons. The maximum Gasteiger partial charge on any atom is 0.162 e. The van der Waals surface area contributed by atoms with E-state index in [-0.39, 0.29) is 0 Å². The Bertz CT molecular complexity index is 400. The molecule has 0 atom stereocenters. The Morgan fingerprint density at radius 3 is 2.68 bits per heavy atom. The Hall–Kier alpha value is -1.22. The second kappa shape index (κ2) is 6.80. The SMILES string of the molecule is CCOc1cccc(CN(C)C2CCCCC2)c1O. The Morgan fingerprint density at radius 2 is 2.00 bits per heavy atom. The summed E-state index contributed by atoms with van der Waals surface area (Å²) < 4.78 is 5.44. The van der Waals surface area contributed by atoms with Crippen LogP contribution in [-0.4, -0.2) is 29.7 Å². The van der Waals surface area contributed by atoms with Crippen molar-refractivity contribution >= 4 is 0 Å². The van der Waals surface area contributed by atoms with Crippen molar-refractivity contribution in [3.05, 3.63) is 23.8 Å².